The van der Waals surface area contributed by atoms with E-state index in [-0.39, 0.29) is 23.9 Å². The van der Waals surface area contributed by atoms with Crippen LogP contribution in [0.2, 0.25) is 0 Å². The van der Waals surface area contributed by atoms with Gasteiger partial charge in [-0.05, 0) is 38.5 Å². The number of carboxylic acid groups (broad SMARTS) is 1. The molecule has 9 nitrogen and oxygen atoms in total. The highest BCUT2D eigenvalue weighted by Crippen LogP contribution is 2.24. The number of aromatic nitrogens is 2. The van der Waals surface area contributed by atoms with Crippen molar-refractivity contribution in [3.8, 4) is 0 Å². The number of anilines is 1. The monoisotopic (exact) mass is 363 g/mol. The van der Waals surface area contributed by atoms with Crippen LogP contribution in [0.1, 0.15) is 38.5 Å². The summed E-state index contributed by atoms with van der Waals surface area (Å²) in [5.41, 5.74) is 0. The van der Waals surface area contributed by atoms with Crippen molar-refractivity contribution in [2.75, 3.05) is 11.4 Å². The van der Waals surface area contributed by atoms with E-state index in [1.807, 2.05) is 0 Å². The zero-order valence-electron chi connectivity index (χ0n) is 14.9. The Labute approximate surface area is 151 Å². The zero-order chi connectivity index (χ0) is 18.7. The molecule has 1 aliphatic heterocycles. The second-order valence-electron chi connectivity index (χ2n) is 7.00. The molecular weight excluding hydrogens is 338 g/mol. The molecule has 0 bridgehead atoms. The van der Waals surface area contributed by atoms with Crippen LogP contribution >= 0.6 is 0 Å². The van der Waals surface area contributed by atoms with Crippen molar-refractivity contribution in [1.29, 1.82) is 0 Å². The molecular formula is C17H25N5O4. The molecule has 9 heteroatoms. The minimum Gasteiger partial charge on any atom is -0.481 e. The molecule has 26 heavy (non-hydrogen) atoms. The van der Waals surface area contributed by atoms with Crippen LogP contribution in [0.25, 0.3) is 0 Å². The topological polar surface area (TPSA) is 117 Å². The highest BCUT2D eigenvalue weighted by atomic mass is 16.4. The third-order valence-electron chi connectivity index (χ3n) is 5.23. The lowest BCUT2D eigenvalue weighted by Gasteiger charge is -2.33. The summed E-state index contributed by atoms with van der Waals surface area (Å²) in [5, 5.41) is 18.8. The second-order valence-corrected chi connectivity index (χ2v) is 7.00. The maximum atomic E-state index is 12.7. The average Bonchev–Trinajstić information content (AvgIpc) is 3.03. The SMILES string of the molecule is Cn1nccc1N1CCCC(NC(=O)NC2CCC(C(=O)O)CC2)C1=O. The van der Waals surface area contributed by atoms with Gasteiger partial charge in [0.1, 0.15) is 11.9 Å². The van der Waals surface area contributed by atoms with E-state index < -0.39 is 12.0 Å². The van der Waals surface area contributed by atoms with Gasteiger partial charge in [-0.1, -0.05) is 0 Å². The van der Waals surface area contributed by atoms with Gasteiger partial charge in [0.15, 0.2) is 0 Å². The first-order chi connectivity index (χ1) is 12.5. The summed E-state index contributed by atoms with van der Waals surface area (Å²) in [4.78, 5) is 37.6. The molecule has 2 aliphatic rings. The summed E-state index contributed by atoms with van der Waals surface area (Å²) >= 11 is 0. The Morgan fingerprint density at radius 2 is 1.92 bits per heavy atom. The summed E-state index contributed by atoms with van der Waals surface area (Å²) in [6.07, 6.45) is 5.46. The van der Waals surface area contributed by atoms with Crippen LogP contribution in [-0.2, 0) is 16.6 Å². The predicted octanol–water partition coefficient (Wildman–Crippen LogP) is 0.858. The third-order valence-corrected chi connectivity index (χ3v) is 5.23. The number of hydrogen-bond donors (Lipinski definition) is 3. The van der Waals surface area contributed by atoms with Crippen molar-refractivity contribution >= 4 is 23.7 Å². The Kier molecular flexibility index (Phi) is 5.43. The molecule has 1 aromatic heterocycles. The van der Waals surface area contributed by atoms with Crippen molar-refractivity contribution in [2.24, 2.45) is 13.0 Å². The maximum Gasteiger partial charge on any atom is 0.315 e. The molecule has 1 saturated carbocycles. The quantitative estimate of drug-likeness (QED) is 0.733. The standard InChI is InChI=1S/C17H25N5O4/c1-21-14(8-9-18-21)22-10-2-3-13(15(22)23)20-17(26)19-12-6-4-11(5-7-12)16(24)25/h8-9,11-13H,2-7,10H2,1H3,(H,24,25)(H2,19,20,26). The van der Waals surface area contributed by atoms with Gasteiger partial charge in [-0.2, -0.15) is 5.10 Å². The zero-order valence-corrected chi connectivity index (χ0v) is 14.9. The number of rotatable bonds is 4. The van der Waals surface area contributed by atoms with E-state index in [4.69, 9.17) is 5.11 Å². The summed E-state index contributed by atoms with van der Waals surface area (Å²) in [5.74, 6) is -0.502. The number of amides is 3. The Hall–Kier alpha value is -2.58. The van der Waals surface area contributed by atoms with Crippen molar-refractivity contribution in [1.82, 2.24) is 20.4 Å². The van der Waals surface area contributed by atoms with Crippen LogP contribution in [0.15, 0.2) is 12.3 Å². The van der Waals surface area contributed by atoms with E-state index in [0.717, 1.165) is 6.42 Å². The Morgan fingerprint density at radius 3 is 2.54 bits per heavy atom. The van der Waals surface area contributed by atoms with E-state index in [1.165, 1.54) is 0 Å². The molecule has 142 valence electrons. The van der Waals surface area contributed by atoms with E-state index in [2.05, 4.69) is 15.7 Å². The Balaban J connectivity index is 1.52. The molecule has 2 heterocycles. The number of nitrogens with one attached hydrogen (secondary N) is 2. The minimum atomic E-state index is -0.768. The molecule has 1 aliphatic carbocycles. The van der Waals surface area contributed by atoms with E-state index in [1.54, 1.807) is 28.9 Å². The molecule has 0 aromatic carbocycles. The molecule has 3 N–H and O–H groups in total. The number of aliphatic carboxylic acids is 1. The fraction of sp³-hybridized carbons (Fsp3) is 0.647. The highest BCUT2D eigenvalue weighted by molar-refractivity contribution is 5.99. The first-order valence-electron chi connectivity index (χ1n) is 9.05. The lowest BCUT2D eigenvalue weighted by atomic mass is 9.86. The summed E-state index contributed by atoms with van der Waals surface area (Å²) in [7, 11) is 1.78. The largest absolute Gasteiger partial charge is 0.481 e. The number of hydrogen-bond acceptors (Lipinski definition) is 4. The van der Waals surface area contributed by atoms with Crippen molar-refractivity contribution in [2.45, 2.75) is 50.6 Å². The van der Waals surface area contributed by atoms with Crippen LogP contribution in [0, 0.1) is 5.92 Å². The summed E-state index contributed by atoms with van der Waals surface area (Å²) in [6, 6.07) is 0.807. The molecule has 0 spiro atoms. The molecule has 1 saturated heterocycles. The third kappa shape index (κ3) is 3.97. The van der Waals surface area contributed by atoms with E-state index >= 15 is 0 Å². The first kappa shape index (κ1) is 18.2. The van der Waals surface area contributed by atoms with Gasteiger partial charge in [0.05, 0.1) is 12.1 Å². The highest BCUT2D eigenvalue weighted by Gasteiger charge is 2.33. The number of nitrogens with zero attached hydrogens (tertiary/aromatic N) is 3. The predicted molar refractivity (Wildman–Crippen MR) is 93.6 cm³/mol. The molecule has 1 aromatic rings. The number of carboxylic acids is 1. The first-order valence-corrected chi connectivity index (χ1v) is 9.05. The molecule has 1 unspecified atom stereocenters. The van der Waals surface area contributed by atoms with Gasteiger partial charge >= 0.3 is 12.0 Å². The lowest BCUT2D eigenvalue weighted by molar-refractivity contribution is -0.142. The fourth-order valence-electron chi connectivity index (χ4n) is 3.74. The van der Waals surface area contributed by atoms with Crippen LogP contribution in [-0.4, -0.2) is 51.4 Å². The van der Waals surface area contributed by atoms with Gasteiger partial charge in [-0.3, -0.25) is 19.2 Å². The normalized spacial score (nSPS) is 26.4. The number of carbonyl (C=O) groups excluding carboxylic acids is 2. The van der Waals surface area contributed by atoms with Gasteiger partial charge < -0.3 is 15.7 Å². The van der Waals surface area contributed by atoms with Gasteiger partial charge in [-0.25, -0.2) is 4.79 Å². The van der Waals surface area contributed by atoms with Gasteiger partial charge in [0, 0.05) is 25.7 Å². The summed E-state index contributed by atoms with van der Waals surface area (Å²) < 4.78 is 1.64. The van der Waals surface area contributed by atoms with Crippen LogP contribution < -0.4 is 15.5 Å². The number of carbonyl (C=O) groups is 3. The van der Waals surface area contributed by atoms with Crippen LogP contribution in [0.4, 0.5) is 10.6 Å². The fourth-order valence-corrected chi connectivity index (χ4v) is 3.74. The smallest absolute Gasteiger partial charge is 0.315 e. The lowest BCUT2D eigenvalue weighted by Crippen LogP contribution is -2.56. The maximum absolute atomic E-state index is 12.7. The molecule has 1 atom stereocenters. The van der Waals surface area contributed by atoms with Crippen molar-refractivity contribution < 1.29 is 19.5 Å². The van der Waals surface area contributed by atoms with E-state index in [0.29, 0.717) is 44.5 Å². The van der Waals surface area contributed by atoms with Gasteiger partial charge in [-0.15, -0.1) is 0 Å². The summed E-state index contributed by atoms with van der Waals surface area (Å²) in [6.45, 7) is 0.608. The van der Waals surface area contributed by atoms with E-state index in [9.17, 15) is 14.4 Å². The number of urea groups is 1. The van der Waals surface area contributed by atoms with Gasteiger partial charge in [0.25, 0.3) is 5.91 Å². The Morgan fingerprint density at radius 1 is 1.19 bits per heavy atom. The molecule has 3 amide bonds. The molecule has 3 rings (SSSR count). The van der Waals surface area contributed by atoms with Crippen molar-refractivity contribution in [3.63, 3.8) is 0 Å². The minimum absolute atomic E-state index is 0.0440. The molecule has 2 fully saturated rings. The second kappa shape index (κ2) is 7.76. The van der Waals surface area contributed by atoms with Crippen LogP contribution in [0.5, 0.6) is 0 Å². The average molecular weight is 363 g/mol. The van der Waals surface area contributed by atoms with Gasteiger partial charge in [0.2, 0.25) is 0 Å². The number of aryl methyl sites for hydroxylation is 1. The van der Waals surface area contributed by atoms with Crippen LogP contribution in [0.3, 0.4) is 0 Å². The Bertz CT molecular complexity index is 680. The molecule has 0 radical (unpaired) electrons. The van der Waals surface area contributed by atoms with Crippen molar-refractivity contribution in [3.05, 3.63) is 12.3 Å². The number of piperidine rings is 1.